The number of methoxy groups -OCH3 is 1. The molecule has 0 fully saturated rings. The summed E-state index contributed by atoms with van der Waals surface area (Å²) >= 11 is 7.70. The maximum absolute atomic E-state index is 11.9. The molecule has 0 saturated carbocycles. The van der Waals surface area contributed by atoms with Crippen LogP contribution in [0.4, 0.5) is 0 Å². The topological polar surface area (TPSA) is 137 Å². The highest BCUT2D eigenvalue weighted by atomic mass is 35.5. The van der Waals surface area contributed by atoms with Gasteiger partial charge in [0.25, 0.3) is 0 Å². The van der Waals surface area contributed by atoms with Gasteiger partial charge in [0.1, 0.15) is 10.8 Å². The first-order chi connectivity index (χ1) is 12.6. The van der Waals surface area contributed by atoms with Crippen molar-refractivity contribution in [1.82, 2.24) is 15.7 Å². The minimum Gasteiger partial charge on any atom is -0.468 e. The molecule has 0 aliphatic carbocycles. The van der Waals surface area contributed by atoms with Crippen molar-refractivity contribution in [2.45, 2.75) is 6.42 Å². The van der Waals surface area contributed by atoms with Crippen molar-refractivity contribution in [2.24, 2.45) is 16.8 Å². The van der Waals surface area contributed by atoms with Gasteiger partial charge in [0.05, 0.1) is 23.7 Å². The Morgan fingerprint density at radius 2 is 2.27 bits per heavy atom. The van der Waals surface area contributed by atoms with E-state index in [1.807, 2.05) is 6.07 Å². The number of hydrogen-bond acceptors (Lipinski definition) is 8. The third-order valence-electron chi connectivity index (χ3n) is 3.18. The van der Waals surface area contributed by atoms with Crippen LogP contribution in [0.2, 0.25) is 5.02 Å². The molecule has 0 saturated heterocycles. The molecule has 6 N–H and O–H groups in total. The first-order valence-electron chi connectivity index (χ1n) is 7.43. The minimum atomic E-state index is -0.229. The van der Waals surface area contributed by atoms with E-state index in [0.717, 1.165) is 5.56 Å². The fraction of sp³-hybridized carbons (Fsp3) is 0.267. The molecule has 0 aliphatic heterocycles. The Bertz CT molecular complexity index is 782. The smallest absolute Gasteiger partial charge is 0.226 e. The molecule has 2 rings (SSSR count). The van der Waals surface area contributed by atoms with E-state index in [2.05, 4.69) is 20.8 Å². The Kier molecular flexibility index (Phi) is 7.60. The number of hydrazone groups is 1. The highest BCUT2D eigenvalue weighted by molar-refractivity contribution is 7.13. The summed E-state index contributed by atoms with van der Waals surface area (Å²) in [7, 11) is 1.54. The predicted octanol–water partition coefficient (Wildman–Crippen LogP) is 0.840. The number of aromatic nitrogens is 1. The second kappa shape index (κ2) is 9.92. The summed E-state index contributed by atoms with van der Waals surface area (Å²) in [5, 5.41) is 9.04. The zero-order valence-electron chi connectivity index (χ0n) is 14.0. The lowest BCUT2D eigenvalue weighted by molar-refractivity contribution is -0.120. The van der Waals surface area contributed by atoms with Gasteiger partial charge in [-0.15, -0.1) is 11.3 Å². The molecule has 0 bridgehead atoms. The molecular formula is C15H19ClN6O3S. The van der Waals surface area contributed by atoms with Gasteiger partial charge < -0.3 is 26.1 Å². The monoisotopic (exact) mass is 398 g/mol. The van der Waals surface area contributed by atoms with Gasteiger partial charge in [-0.1, -0.05) is 11.6 Å². The van der Waals surface area contributed by atoms with Crippen molar-refractivity contribution >= 4 is 34.7 Å². The van der Waals surface area contributed by atoms with Gasteiger partial charge in [-0.2, -0.15) is 5.10 Å². The molecule has 1 heterocycles. The van der Waals surface area contributed by atoms with Gasteiger partial charge in [0.15, 0.2) is 12.6 Å². The molecule has 0 atom stereocenters. The molecule has 0 aliphatic rings. The van der Waals surface area contributed by atoms with Crippen molar-refractivity contribution in [3.63, 3.8) is 0 Å². The summed E-state index contributed by atoms with van der Waals surface area (Å²) in [5.41, 5.74) is 3.68. The SMILES string of the molecule is COCOc1ccc(-c2nc(CC(=O)NC/C(=N/N)NN)cs2)c(Cl)c1. The van der Waals surface area contributed by atoms with E-state index in [0.29, 0.717) is 21.5 Å². The number of nitrogens with zero attached hydrogens (tertiary/aromatic N) is 2. The summed E-state index contributed by atoms with van der Waals surface area (Å²) in [6, 6.07) is 5.28. The highest BCUT2D eigenvalue weighted by Gasteiger charge is 2.12. The zero-order chi connectivity index (χ0) is 18.9. The molecule has 1 aromatic carbocycles. The fourth-order valence-electron chi connectivity index (χ4n) is 1.94. The van der Waals surface area contributed by atoms with Gasteiger partial charge in [0.2, 0.25) is 5.91 Å². The molecule has 1 amide bonds. The third-order valence-corrected chi connectivity index (χ3v) is 4.42. The van der Waals surface area contributed by atoms with Crippen LogP contribution in [-0.2, 0) is 16.0 Å². The van der Waals surface area contributed by atoms with E-state index < -0.39 is 0 Å². The fourth-order valence-corrected chi connectivity index (χ4v) is 3.12. The van der Waals surface area contributed by atoms with Crippen molar-refractivity contribution in [1.29, 1.82) is 0 Å². The van der Waals surface area contributed by atoms with Crippen LogP contribution in [0.15, 0.2) is 28.7 Å². The van der Waals surface area contributed by atoms with Gasteiger partial charge in [-0.05, 0) is 18.2 Å². The van der Waals surface area contributed by atoms with E-state index in [4.69, 9.17) is 32.8 Å². The number of rotatable bonds is 8. The number of carbonyl (C=O) groups is 1. The predicted molar refractivity (Wildman–Crippen MR) is 101 cm³/mol. The van der Waals surface area contributed by atoms with E-state index in [9.17, 15) is 4.79 Å². The Morgan fingerprint density at radius 1 is 1.46 bits per heavy atom. The summed E-state index contributed by atoms with van der Waals surface area (Å²) in [4.78, 5) is 16.4. The maximum Gasteiger partial charge on any atom is 0.226 e. The lowest BCUT2D eigenvalue weighted by Gasteiger charge is -2.07. The van der Waals surface area contributed by atoms with Crippen LogP contribution < -0.4 is 27.2 Å². The standard InChI is InChI=1S/C15H19ClN6O3S/c1-24-8-25-10-2-3-11(12(16)5-10)15-20-9(7-26-15)4-14(23)19-6-13(21-17)22-18/h2-3,5,7H,4,6,8,17-18H2,1H3,(H,19,23)(H,21,22). The molecule has 140 valence electrons. The Balaban J connectivity index is 2.00. The number of ether oxygens (including phenoxy) is 2. The molecule has 1 aromatic heterocycles. The van der Waals surface area contributed by atoms with Crippen LogP contribution >= 0.6 is 22.9 Å². The number of benzene rings is 1. The summed E-state index contributed by atoms with van der Waals surface area (Å²) in [6.07, 6.45) is 0.117. The largest absolute Gasteiger partial charge is 0.468 e. The maximum atomic E-state index is 11.9. The first-order valence-corrected chi connectivity index (χ1v) is 8.69. The Hall–Kier alpha value is -2.40. The van der Waals surface area contributed by atoms with E-state index in [1.54, 1.807) is 24.6 Å². The molecular weight excluding hydrogens is 380 g/mol. The molecule has 0 spiro atoms. The Morgan fingerprint density at radius 3 is 2.92 bits per heavy atom. The van der Waals surface area contributed by atoms with Crippen LogP contribution in [-0.4, -0.2) is 37.2 Å². The van der Waals surface area contributed by atoms with E-state index in [-0.39, 0.29) is 31.5 Å². The van der Waals surface area contributed by atoms with Gasteiger partial charge in [0, 0.05) is 18.1 Å². The average Bonchev–Trinajstić information content (AvgIpc) is 3.09. The number of thiazole rings is 1. The highest BCUT2D eigenvalue weighted by Crippen LogP contribution is 2.33. The van der Waals surface area contributed by atoms with E-state index in [1.165, 1.54) is 11.3 Å². The minimum absolute atomic E-state index is 0.109. The van der Waals surface area contributed by atoms with Crippen LogP contribution in [0.25, 0.3) is 10.6 Å². The number of amidine groups is 1. The summed E-state index contributed by atoms with van der Waals surface area (Å²) in [5.74, 6) is 10.9. The number of carbonyl (C=O) groups excluding carboxylic acids is 1. The van der Waals surface area contributed by atoms with Gasteiger partial charge in [-0.3, -0.25) is 4.79 Å². The number of amides is 1. The number of hydrogen-bond donors (Lipinski definition) is 4. The molecule has 9 nitrogen and oxygen atoms in total. The number of nitrogens with two attached hydrogens (primary N) is 2. The van der Waals surface area contributed by atoms with Crippen molar-refractivity contribution in [3.05, 3.63) is 34.3 Å². The summed E-state index contributed by atoms with van der Waals surface area (Å²) in [6.45, 7) is 0.250. The molecule has 11 heteroatoms. The number of hydrazine groups is 1. The summed E-state index contributed by atoms with van der Waals surface area (Å²) < 4.78 is 10.2. The third kappa shape index (κ3) is 5.56. The van der Waals surface area contributed by atoms with Gasteiger partial charge in [-0.25, -0.2) is 10.8 Å². The molecule has 26 heavy (non-hydrogen) atoms. The van der Waals surface area contributed by atoms with Crippen LogP contribution in [0.5, 0.6) is 5.75 Å². The normalized spacial score (nSPS) is 11.3. The average molecular weight is 399 g/mol. The number of halogens is 1. The molecule has 0 radical (unpaired) electrons. The van der Waals surface area contributed by atoms with Gasteiger partial charge >= 0.3 is 0 Å². The quantitative estimate of drug-likeness (QED) is 0.170. The van der Waals surface area contributed by atoms with E-state index >= 15 is 0 Å². The zero-order valence-corrected chi connectivity index (χ0v) is 15.6. The second-order valence-electron chi connectivity index (χ2n) is 5.01. The van der Waals surface area contributed by atoms with Crippen LogP contribution in [0.3, 0.4) is 0 Å². The van der Waals surface area contributed by atoms with Crippen molar-refractivity contribution in [2.75, 3.05) is 20.4 Å². The van der Waals surface area contributed by atoms with Crippen LogP contribution in [0, 0.1) is 0 Å². The lowest BCUT2D eigenvalue weighted by Crippen LogP contribution is -2.41. The Labute approximate surface area is 159 Å². The first kappa shape index (κ1) is 19.9. The van der Waals surface area contributed by atoms with Crippen molar-refractivity contribution < 1.29 is 14.3 Å². The molecule has 2 aromatic rings. The molecule has 0 unspecified atom stereocenters. The second-order valence-corrected chi connectivity index (χ2v) is 6.28. The lowest BCUT2D eigenvalue weighted by atomic mass is 10.2. The van der Waals surface area contributed by atoms with Crippen molar-refractivity contribution in [3.8, 4) is 16.3 Å². The number of nitrogens with one attached hydrogen (secondary N) is 2. The van der Waals surface area contributed by atoms with Crippen LogP contribution in [0.1, 0.15) is 5.69 Å².